The van der Waals surface area contributed by atoms with E-state index in [0.717, 1.165) is 30.6 Å². The van der Waals surface area contributed by atoms with Crippen LogP contribution < -0.4 is 5.73 Å². The molecule has 0 aliphatic rings. The number of primary amides is 1. The Morgan fingerprint density at radius 1 is 1.12 bits per heavy atom. The minimum absolute atomic E-state index is 0.403. The fraction of sp³-hybridized carbons (Fsp3) is 0.200. The summed E-state index contributed by atoms with van der Waals surface area (Å²) in [4.78, 5) is 13.5. The quantitative estimate of drug-likeness (QED) is 0.698. The molecule has 5 heteroatoms. The van der Waals surface area contributed by atoms with Gasteiger partial charge in [-0.3, -0.25) is 9.89 Å². The molecule has 3 aromatic rings. The lowest BCUT2D eigenvalue weighted by atomic mass is 10.0. The monoisotopic (exact) mass is 334 g/mol. The Balaban J connectivity index is 1.65. The topological polar surface area (TPSA) is 75.0 Å². The Morgan fingerprint density at radius 3 is 2.60 bits per heavy atom. The number of carbonyl (C=O) groups is 1. The molecule has 0 spiro atoms. The molecule has 0 aliphatic carbocycles. The molecule has 25 heavy (non-hydrogen) atoms. The summed E-state index contributed by atoms with van der Waals surface area (Å²) in [6, 6.07) is 15.9. The van der Waals surface area contributed by atoms with Gasteiger partial charge in [0.1, 0.15) is 0 Å². The van der Waals surface area contributed by atoms with Crippen LogP contribution in [0, 0.1) is 0 Å². The van der Waals surface area contributed by atoms with Crippen LogP contribution in [0.4, 0.5) is 0 Å². The first kappa shape index (κ1) is 16.9. The molecule has 0 atom stereocenters. The van der Waals surface area contributed by atoms with E-state index in [4.69, 9.17) is 5.73 Å². The molecular formula is C20H22N4O. The Bertz CT molecular complexity index is 825. The van der Waals surface area contributed by atoms with Gasteiger partial charge in [-0.15, -0.1) is 0 Å². The third-order valence-corrected chi connectivity index (χ3v) is 4.22. The highest BCUT2D eigenvalue weighted by atomic mass is 16.1. The van der Waals surface area contributed by atoms with Gasteiger partial charge in [0.2, 0.25) is 5.91 Å². The van der Waals surface area contributed by atoms with Gasteiger partial charge in [0.25, 0.3) is 0 Å². The fourth-order valence-electron chi connectivity index (χ4n) is 2.80. The highest BCUT2D eigenvalue weighted by molar-refractivity contribution is 5.93. The number of carbonyl (C=O) groups excluding carboxylic acids is 1. The van der Waals surface area contributed by atoms with Gasteiger partial charge in [0, 0.05) is 24.8 Å². The molecule has 0 saturated carbocycles. The van der Waals surface area contributed by atoms with E-state index in [0.29, 0.717) is 5.56 Å². The second-order valence-electron chi connectivity index (χ2n) is 6.24. The Hall–Kier alpha value is -2.92. The predicted molar refractivity (Wildman–Crippen MR) is 99.0 cm³/mol. The number of benzene rings is 2. The highest BCUT2D eigenvalue weighted by Crippen LogP contribution is 2.21. The standard InChI is InChI=1S/C20H22N4O/c1-24(10-9-16-12-22-23-13-16)14-15-3-2-4-19(11-15)17-5-7-18(8-6-17)20(21)25/h2-8,11-13H,9-10,14H2,1H3,(H2,21,25)(H,22,23). The number of hydrogen-bond acceptors (Lipinski definition) is 3. The average Bonchev–Trinajstić information content (AvgIpc) is 3.14. The van der Waals surface area contributed by atoms with Crippen LogP contribution in [0.15, 0.2) is 60.9 Å². The number of nitrogens with two attached hydrogens (primary N) is 1. The molecule has 1 amide bonds. The van der Waals surface area contributed by atoms with Gasteiger partial charge in [0.15, 0.2) is 0 Å². The van der Waals surface area contributed by atoms with Crippen molar-refractivity contribution < 1.29 is 4.79 Å². The summed E-state index contributed by atoms with van der Waals surface area (Å²) in [6.07, 6.45) is 4.77. The lowest BCUT2D eigenvalue weighted by Gasteiger charge is -2.17. The normalized spacial score (nSPS) is 11.0. The molecule has 3 rings (SSSR count). The van der Waals surface area contributed by atoms with E-state index < -0.39 is 5.91 Å². The molecule has 1 heterocycles. The number of aromatic amines is 1. The van der Waals surface area contributed by atoms with Crippen LogP contribution >= 0.6 is 0 Å². The number of amides is 1. The van der Waals surface area contributed by atoms with Crippen molar-refractivity contribution in [1.29, 1.82) is 0 Å². The van der Waals surface area contributed by atoms with Crippen LogP contribution in [0.5, 0.6) is 0 Å². The smallest absolute Gasteiger partial charge is 0.248 e. The van der Waals surface area contributed by atoms with Crippen LogP contribution in [0.2, 0.25) is 0 Å². The predicted octanol–water partition coefficient (Wildman–Crippen LogP) is 2.85. The Labute approximate surface area is 147 Å². The summed E-state index contributed by atoms with van der Waals surface area (Å²) in [6.45, 7) is 1.85. The summed E-state index contributed by atoms with van der Waals surface area (Å²) < 4.78 is 0. The van der Waals surface area contributed by atoms with Gasteiger partial charge >= 0.3 is 0 Å². The van der Waals surface area contributed by atoms with Crippen molar-refractivity contribution in [1.82, 2.24) is 15.1 Å². The number of aromatic nitrogens is 2. The van der Waals surface area contributed by atoms with Crippen molar-refractivity contribution >= 4 is 5.91 Å². The zero-order valence-corrected chi connectivity index (χ0v) is 14.3. The summed E-state index contributed by atoms with van der Waals surface area (Å²) in [7, 11) is 2.12. The lowest BCUT2D eigenvalue weighted by molar-refractivity contribution is 0.100. The molecule has 0 radical (unpaired) electrons. The molecule has 3 N–H and O–H groups in total. The molecule has 0 unspecified atom stereocenters. The van der Waals surface area contributed by atoms with Crippen LogP contribution in [-0.4, -0.2) is 34.6 Å². The third kappa shape index (κ3) is 4.55. The summed E-state index contributed by atoms with van der Waals surface area (Å²) in [5.74, 6) is -0.403. The van der Waals surface area contributed by atoms with Gasteiger partial charge in [-0.1, -0.05) is 30.3 Å². The first-order valence-electron chi connectivity index (χ1n) is 8.27. The Morgan fingerprint density at radius 2 is 1.92 bits per heavy atom. The minimum atomic E-state index is -0.403. The SMILES string of the molecule is CN(CCc1cn[nH]c1)Cc1cccc(-c2ccc(C(N)=O)cc2)c1. The van der Waals surface area contributed by atoms with Crippen molar-refractivity contribution in [3.05, 3.63) is 77.6 Å². The van der Waals surface area contributed by atoms with E-state index in [2.05, 4.69) is 46.4 Å². The summed E-state index contributed by atoms with van der Waals surface area (Å²) in [5, 5.41) is 6.82. The molecule has 2 aromatic carbocycles. The van der Waals surface area contributed by atoms with Crippen molar-refractivity contribution in [3.63, 3.8) is 0 Å². The van der Waals surface area contributed by atoms with Crippen LogP contribution in [0.3, 0.4) is 0 Å². The number of nitrogens with zero attached hydrogens (tertiary/aromatic N) is 2. The highest BCUT2D eigenvalue weighted by Gasteiger charge is 2.05. The van der Waals surface area contributed by atoms with Gasteiger partial charge in [-0.05, 0) is 53.9 Å². The average molecular weight is 334 g/mol. The first-order valence-corrected chi connectivity index (χ1v) is 8.27. The molecule has 128 valence electrons. The first-order chi connectivity index (χ1) is 12.1. The molecule has 0 fully saturated rings. The number of nitrogens with one attached hydrogen (secondary N) is 1. The largest absolute Gasteiger partial charge is 0.366 e. The second-order valence-corrected chi connectivity index (χ2v) is 6.24. The maximum Gasteiger partial charge on any atom is 0.248 e. The molecule has 0 saturated heterocycles. The van der Waals surface area contributed by atoms with Crippen molar-refractivity contribution in [2.45, 2.75) is 13.0 Å². The Kier molecular flexibility index (Phi) is 5.26. The minimum Gasteiger partial charge on any atom is -0.366 e. The number of H-pyrrole nitrogens is 1. The van der Waals surface area contributed by atoms with E-state index in [1.807, 2.05) is 24.5 Å². The molecule has 0 aliphatic heterocycles. The van der Waals surface area contributed by atoms with E-state index in [9.17, 15) is 4.79 Å². The van der Waals surface area contributed by atoms with Gasteiger partial charge < -0.3 is 10.6 Å². The molecule has 0 bridgehead atoms. The summed E-state index contributed by atoms with van der Waals surface area (Å²) >= 11 is 0. The van der Waals surface area contributed by atoms with E-state index in [1.54, 1.807) is 12.1 Å². The number of likely N-dealkylation sites (N-methyl/N-ethyl adjacent to an activating group) is 1. The van der Waals surface area contributed by atoms with Gasteiger partial charge in [-0.25, -0.2) is 0 Å². The van der Waals surface area contributed by atoms with Gasteiger partial charge in [-0.2, -0.15) is 5.10 Å². The zero-order chi connectivity index (χ0) is 17.6. The molecular weight excluding hydrogens is 312 g/mol. The van der Waals surface area contributed by atoms with E-state index in [1.165, 1.54) is 11.1 Å². The van der Waals surface area contributed by atoms with E-state index in [-0.39, 0.29) is 0 Å². The maximum absolute atomic E-state index is 11.2. The van der Waals surface area contributed by atoms with Crippen molar-refractivity contribution in [2.75, 3.05) is 13.6 Å². The van der Waals surface area contributed by atoms with Crippen LogP contribution in [-0.2, 0) is 13.0 Å². The number of rotatable bonds is 7. The van der Waals surface area contributed by atoms with Crippen molar-refractivity contribution in [3.8, 4) is 11.1 Å². The van der Waals surface area contributed by atoms with E-state index >= 15 is 0 Å². The van der Waals surface area contributed by atoms with Crippen LogP contribution in [0.1, 0.15) is 21.5 Å². The molecule has 1 aromatic heterocycles. The maximum atomic E-state index is 11.2. The lowest BCUT2D eigenvalue weighted by Crippen LogP contribution is -2.20. The third-order valence-electron chi connectivity index (χ3n) is 4.22. The molecule has 5 nitrogen and oxygen atoms in total. The zero-order valence-electron chi connectivity index (χ0n) is 14.3. The second kappa shape index (κ2) is 7.77. The van der Waals surface area contributed by atoms with Crippen molar-refractivity contribution in [2.24, 2.45) is 5.73 Å². The fourth-order valence-corrected chi connectivity index (χ4v) is 2.80. The number of hydrogen-bond donors (Lipinski definition) is 2. The summed E-state index contributed by atoms with van der Waals surface area (Å²) in [5.41, 5.74) is 10.5. The van der Waals surface area contributed by atoms with Crippen LogP contribution in [0.25, 0.3) is 11.1 Å². The van der Waals surface area contributed by atoms with Gasteiger partial charge in [0.05, 0.1) is 6.20 Å².